The molecule has 0 heterocycles. The predicted octanol–water partition coefficient (Wildman–Crippen LogP) is 11.8. The van der Waals surface area contributed by atoms with Crippen molar-refractivity contribution < 1.29 is 0 Å². The van der Waals surface area contributed by atoms with E-state index in [1.807, 2.05) is 77.8 Å². The summed E-state index contributed by atoms with van der Waals surface area (Å²) < 4.78 is 0. The fraction of sp³-hybridized carbons (Fsp3) is 0.651. The van der Waals surface area contributed by atoms with Crippen LogP contribution in [0, 0.1) is 0 Å². The van der Waals surface area contributed by atoms with Crippen LogP contribution in [0.2, 0.25) is 241 Å². The zero-order valence-corrected chi connectivity index (χ0v) is 71.3. The van der Waals surface area contributed by atoms with Crippen molar-refractivity contribution in [2.45, 2.75) is 269 Å². The number of rotatable bonds is 16. The van der Waals surface area contributed by atoms with E-state index in [0.717, 1.165) is 0 Å². The first-order valence-electron chi connectivity index (χ1n) is 30.1. The van der Waals surface area contributed by atoms with Crippen molar-refractivity contribution in [2.75, 3.05) is 0 Å². The second-order valence-electron chi connectivity index (χ2n) is 37.1. The van der Waals surface area contributed by atoms with Crippen LogP contribution in [-0.4, -0.2) is 105 Å². The molecule has 0 aliphatic heterocycles. The Morgan fingerprint density at radius 3 is 0.474 bits per heavy atom. The van der Waals surface area contributed by atoms with Gasteiger partial charge in [-0.3, -0.25) is 0 Å². The zero-order chi connectivity index (χ0) is 60.2. The van der Waals surface area contributed by atoms with E-state index in [4.69, 9.17) is 0 Å². The maximum absolute atomic E-state index is 3.50. The summed E-state index contributed by atoms with van der Waals surface area (Å²) >= 11 is 0. The maximum atomic E-state index is 3.09. The largest absolute Gasteiger partial charge is 0.158 e. The molecule has 0 amide bonds. The fourth-order valence-corrected chi connectivity index (χ4v) is 65.3. The second kappa shape index (κ2) is 20.6. The first-order chi connectivity index (χ1) is 33.0. The minimum Gasteiger partial charge on any atom is -0.0656 e. The lowest BCUT2D eigenvalue weighted by molar-refractivity contribution is 1.09. The first kappa shape index (κ1) is 68.5. The molecule has 0 fully saturated rings. The van der Waals surface area contributed by atoms with Crippen LogP contribution in [-0.2, 0) is 0 Å². The fourth-order valence-electron chi connectivity index (χ4n) is 14.2. The normalized spacial score (nSPS) is 16.3. The molecule has 0 spiro atoms. The molecule has 0 radical (unpaired) electrons. The van der Waals surface area contributed by atoms with Crippen LogP contribution in [0.4, 0.5) is 0 Å². The van der Waals surface area contributed by atoms with Crippen molar-refractivity contribution in [3.63, 3.8) is 0 Å². The third-order valence-corrected chi connectivity index (χ3v) is 50.3. The Labute approximate surface area is 488 Å². The standard InChI is InChI=1S/C63H124Si13/c1-44-45(2)47(4)54(46(44)3)76(58-51(67(14,15)16)41-48(64(5,6)7)55(70(23,24)25)61(58)73(32,33)34,59-52(68(17,18)19)42-49(65(8,9)10)56(71(26,27)28)62(59)74(35,36)37)60-53(69(20,21)22)43-50(66(11,12)13)57(72(29,30)31)63(60)75(38,39)40/h41-43,54H,1-40H3. The molecule has 3 aromatic carbocycles. The Morgan fingerprint density at radius 2 is 0.342 bits per heavy atom. The highest BCUT2D eigenvalue weighted by molar-refractivity contribution is 7.28. The lowest BCUT2D eigenvalue weighted by atomic mass is 10.1. The van der Waals surface area contributed by atoms with Crippen LogP contribution in [0.15, 0.2) is 40.5 Å². The van der Waals surface area contributed by atoms with E-state index in [0.29, 0.717) is 5.54 Å². The molecule has 0 bridgehead atoms. The summed E-state index contributed by atoms with van der Waals surface area (Å²) in [5.74, 6) is 0. The molecule has 0 aromatic heterocycles. The highest BCUT2D eigenvalue weighted by Crippen LogP contribution is 2.47. The van der Waals surface area contributed by atoms with E-state index in [1.54, 1.807) is 22.3 Å². The van der Waals surface area contributed by atoms with Crippen LogP contribution >= 0.6 is 0 Å². The lowest BCUT2D eigenvalue weighted by Gasteiger charge is -2.55. The predicted molar refractivity (Wildman–Crippen MR) is 400 cm³/mol. The van der Waals surface area contributed by atoms with E-state index in [9.17, 15) is 0 Å². The Balaban J connectivity index is 3.28. The van der Waals surface area contributed by atoms with Crippen LogP contribution < -0.4 is 77.8 Å². The third kappa shape index (κ3) is 12.7. The van der Waals surface area contributed by atoms with Crippen LogP contribution in [0.3, 0.4) is 0 Å². The van der Waals surface area contributed by atoms with Gasteiger partial charge in [0.25, 0.3) is 0 Å². The number of hydrogen-bond acceptors (Lipinski definition) is 0. The average Bonchev–Trinajstić information content (AvgIpc) is 3.33. The van der Waals surface area contributed by atoms with Crippen molar-refractivity contribution in [1.29, 1.82) is 0 Å². The van der Waals surface area contributed by atoms with Gasteiger partial charge in [-0.15, -0.1) is 0 Å². The Hall–Kier alpha value is -0.0405. The second-order valence-corrected chi connectivity index (χ2v) is 101. The Bertz CT molecular complexity index is 2530. The molecule has 0 N–H and O–H groups in total. The highest BCUT2D eigenvalue weighted by atomic mass is 28.4. The molecule has 428 valence electrons. The Morgan fingerprint density at radius 1 is 0.197 bits per heavy atom. The van der Waals surface area contributed by atoms with Crippen molar-refractivity contribution in [3.8, 4) is 0 Å². The third-order valence-electron chi connectivity index (χ3n) is 17.6. The van der Waals surface area contributed by atoms with Gasteiger partial charge in [0.05, 0.1) is 96.9 Å². The molecule has 0 nitrogen and oxygen atoms in total. The van der Waals surface area contributed by atoms with Gasteiger partial charge in [-0.25, -0.2) is 0 Å². The molecular weight excluding hydrogens is 1120 g/mol. The van der Waals surface area contributed by atoms with Crippen molar-refractivity contribution in [2.24, 2.45) is 0 Å². The van der Waals surface area contributed by atoms with Gasteiger partial charge in [0.1, 0.15) is 0 Å². The van der Waals surface area contributed by atoms with E-state index >= 15 is 0 Å². The van der Waals surface area contributed by atoms with E-state index in [2.05, 4.69) is 282 Å². The van der Waals surface area contributed by atoms with Gasteiger partial charge in [0, 0.05) is 5.54 Å². The van der Waals surface area contributed by atoms with Crippen LogP contribution in [0.1, 0.15) is 27.7 Å². The van der Waals surface area contributed by atoms with Gasteiger partial charge < -0.3 is 0 Å². The van der Waals surface area contributed by atoms with Gasteiger partial charge in [0.2, 0.25) is 0 Å². The summed E-state index contributed by atoms with van der Waals surface area (Å²) in [6.45, 7) is 111. The maximum Gasteiger partial charge on any atom is 0.158 e. The monoisotopic (exact) mass is 1240 g/mol. The van der Waals surface area contributed by atoms with Gasteiger partial charge in [0.15, 0.2) is 8.07 Å². The van der Waals surface area contributed by atoms with Gasteiger partial charge in [-0.1, -0.05) is 343 Å². The lowest BCUT2D eigenvalue weighted by Crippen LogP contribution is -2.94. The molecule has 4 rings (SSSR count). The van der Waals surface area contributed by atoms with Gasteiger partial charge in [-0.05, 0) is 38.8 Å². The number of allylic oxidation sites excluding steroid dienone is 4. The smallest absolute Gasteiger partial charge is 0.0656 e. The Kier molecular flexibility index (Phi) is 18.6. The topological polar surface area (TPSA) is 0 Å². The molecular formula is C63H124Si13. The summed E-state index contributed by atoms with van der Waals surface area (Å²) in [6.07, 6.45) is 0. The summed E-state index contributed by atoms with van der Waals surface area (Å²) in [6, 6.07) is 9.28. The van der Waals surface area contributed by atoms with Gasteiger partial charge >= 0.3 is 0 Å². The molecule has 0 saturated carbocycles. The molecule has 0 unspecified atom stereocenters. The number of benzene rings is 3. The van der Waals surface area contributed by atoms with Crippen LogP contribution in [0.25, 0.3) is 0 Å². The molecule has 0 atom stereocenters. The molecule has 3 aromatic rings. The highest BCUT2D eigenvalue weighted by Gasteiger charge is 2.62. The van der Waals surface area contributed by atoms with Crippen molar-refractivity contribution in [3.05, 3.63) is 40.5 Å². The number of hydrogen-bond donors (Lipinski definition) is 0. The SMILES string of the molecule is CC1=C(C)C([Si](c2c([Si](C)(C)C)cc([Si](C)(C)C)c([Si](C)(C)C)c2[Si](C)(C)C)(c2c([Si](C)(C)C)cc([Si](C)(C)C)c([Si](C)(C)C)c2[Si](C)(C)C)c2c([Si](C)(C)C)cc([Si](C)(C)C)c([Si](C)(C)C)c2[Si](C)(C)C)C(C)=C1C. The van der Waals surface area contributed by atoms with E-state index < -0.39 is 105 Å². The van der Waals surface area contributed by atoms with Gasteiger partial charge in [-0.2, -0.15) is 0 Å². The van der Waals surface area contributed by atoms with E-state index in [1.165, 1.54) is 0 Å². The van der Waals surface area contributed by atoms with Crippen LogP contribution in [0.5, 0.6) is 0 Å². The minimum atomic E-state index is -3.50. The zero-order valence-electron chi connectivity index (χ0n) is 58.3. The van der Waals surface area contributed by atoms with Crippen molar-refractivity contribution in [1.82, 2.24) is 0 Å². The average molecular weight is 1250 g/mol. The molecule has 1 aliphatic carbocycles. The summed E-state index contributed by atoms with van der Waals surface area (Å²) in [5.41, 5.74) is 7.00. The molecule has 13 heteroatoms. The molecule has 76 heavy (non-hydrogen) atoms. The van der Waals surface area contributed by atoms with E-state index in [-0.39, 0.29) is 0 Å². The summed E-state index contributed by atoms with van der Waals surface area (Å²) in [5, 5.41) is 29.0. The quantitative estimate of drug-likeness (QED) is 0.0991. The molecule has 1 aliphatic rings. The van der Waals surface area contributed by atoms with Crippen molar-refractivity contribution >= 4 is 183 Å². The first-order valence-corrected chi connectivity index (χ1v) is 74.2. The minimum absolute atomic E-state index is 0.333. The summed E-state index contributed by atoms with van der Waals surface area (Å²) in [7, 11) is -28.6. The summed E-state index contributed by atoms with van der Waals surface area (Å²) in [4.78, 5) is 0. The molecule has 0 saturated heterocycles.